The maximum Gasteiger partial charge on any atom is 0.171 e. The number of hydrogen-bond donors (Lipinski definition) is 1. The topological polar surface area (TPSA) is 92.0 Å². The molecule has 158 valence electrons. The number of hydrogen-bond acceptors (Lipinski definition) is 6. The monoisotopic (exact) mass is 419 g/mol. The summed E-state index contributed by atoms with van der Waals surface area (Å²) in [4.78, 5) is 4.35. The number of fused-ring (bicyclic) bond motifs is 7. The molecule has 0 radical (unpaired) electrons. The van der Waals surface area contributed by atoms with Crippen LogP contribution in [0.5, 0.6) is 5.75 Å². The highest BCUT2D eigenvalue weighted by Gasteiger charge is 2.26. The van der Waals surface area contributed by atoms with Crippen LogP contribution in [0.3, 0.4) is 0 Å². The highest BCUT2D eigenvalue weighted by Crippen LogP contribution is 2.39. The molecule has 0 saturated carbocycles. The second kappa shape index (κ2) is 7.23. The number of nitrogens with two attached hydrogens (primary N) is 1. The van der Waals surface area contributed by atoms with Crippen molar-refractivity contribution in [1.82, 2.24) is 19.9 Å². The van der Waals surface area contributed by atoms with Gasteiger partial charge in [0.25, 0.3) is 0 Å². The van der Waals surface area contributed by atoms with E-state index in [1.165, 1.54) is 12.1 Å². The van der Waals surface area contributed by atoms with Gasteiger partial charge < -0.3 is 15.0 Å². The first kappa shape index (κ1) is 19.3. The number of anilines is 1. The Balaban J connectivity index is 1.82. The van der Waals surface area contributed by atoms with E-state index < -0.39 is 6.10 Å². The van der Waals surface area contributed by atoms with Crippen LogP contribution in [0, 0.1) is 12.7 Å². The lowest BCUT2D eigenvalue weighted by atomic mass is 9.94. The Hall–Kier alpha value is -3.68. The molecular formula is C23H22FN5O2. The van der Waals surface area contributed by atoms with E-state index in [0.717, 1.165) is 33.6 Å². The van der Waals surface area contributed by atoms with E-state index in [4.69, 9.17) is 15.0 Å². The number of aryl methyl sites for hydroxylation is 2. The van der Waals surface area contributed by atoms with Crippen LogP contribution in [0.15, 0.2) is 41.2 Å². The Morgan fingerprint density at radius 3 is 2.90 bits per heavy atom. The van der Waals surface area contributed by atoms with Crippen molar-refractivity contribution >= 4 is 5.82 Å². The summed E-state index contributed by atoms with van der Waals surface area (Å²) in [5.74, 6) is 0.953. The average Bonchev–Trinajstić information content (AvgIpc) is 3.33. The van der Waals surface area contributed by atoms with Gasteiger partial charge in [-0.3, -0.25) is 4.68 Å². The molecule has 0 saturated heterocycles. The van der Waals surface area contributed by atoms with E-state index in [1.54, 1.807) is 12.3 Å². The van der Waals surface area contributed by atoms with Crippen molar-refractivity contribution in [1.29, 1.82) is 0 Å². The van der Waals surface area contributed by atoms with Gasteiger partial charge >= 0.3 is 0 Å². The summed E-state index contributed by atoms with van der Waals surface area (Å²) in [5, 5.41) is 8.76. The summed E-state index contributed by atoms with van der Waals surface area (Å²) in [7, 11) is 0. The molecule has 1 aliphatic heterocycles. The number of nitrogen functional groups attached to an aromatic ring is 1. The van der Waals surface area contributed by atoms with Crippen LogP contribution in [0.2, 0.25) is 0 Å². The first-order valence-corrected chi connectivity index (χ1v) is 10.2. The highest BCUT2D eigenvalue weighted by molar-refractivity contribution is 5.71. The number of rotatable bonds is 1. The summed E-state index contributed by atoms with van der Waals surface area (Å²) in [5.41, 5.74) is 12.0. The van der Waals surface area contributed by atoms with Gasteiger partial charge in [-0.05, 0) is 45.0 Å². The van der Waals surface area contributed by atoms with Crippen molar-refractivity contribution in [2.75, 3.05) is 5.73 Å². The molecular weight excluding hydrogens is 397 g/mol. The normalized spacial score (nSPS) is 15.2. The van der Waals surface area contributed by atoms with E-state index in [0.29, 0.717) is 30.0 Å². The van der Waals surface area contributed by atoms with Crippen molar-refractivity contribution < 1.29 is 13.7 Å². The van der Waals surface area contributed by atoms with Crippen LogP contribution >= 0.6 is 0 Å². The zero-order valence-electron chi connectivity index (χ0n) is 17.5. The van der Waals surface area contributed by atoms with Gasteiger partial charge in [-0.1, -0.05) is 5.16 Å². The Kier molecular flexibility index (Phi) is 4.50. The molecule has 4 heterocycles. The zero-order valence-corrected chi connectivity index (χ0v) is 17.5. The minimum atomic E-state index is -0.502. The van der Waals surface area contributed by atoms with Crippen LogP contribution in [0.25, 0.3) is 22.6 Å². The Morgan fingerprint density at radius 1 is 1.26 bits per heavy atom. The zero-order chi connectivity index (χ0) is 21.7. The van der Waals surface area contributed by atoms with Crippen LogP contribution < -0.4 is 10.5 Å². The summed E-state index contributed by atoms with van der Waals surface area (Å²) in [6.07, 6.45) is 3.64. The molecule has 1 atom stereocenters. The third-order valence-electron chi connectivity index (χ3n) is 5.72. The quantitative estimate of drug-likeness (QED) is 0.481. The van der Waals surface area contributed by atoms with Crippen molar-refractivity contribution in [2.45, 2.75) is 39.8 Å². The van der Waals surface area contributed by atoms with Crippen LogP contribution in [0.1, 0.15) is 42.3 Å². The predicted molar refractivity (Wildman–Crippen MR) is 114 cm³/mol. The lowest BCUT2D eigenvalue weighted by molar-refractivity contribution is 0.227. The Labute approximate surface area is 178 Å². The van der Waals surface area contributed by atoms with E-state index in [2.05, 4.69) is 15.2 Å². The van der Waals surface area contributed by atoms with Gasteiger partial charge in [0.15, 0.2) is 17.3 Å². The number of benzene rings is 1. The number of aromatic nitrogens is 4. The van der Waals surface area contributed by atoms with Crippen molar-refractivity contribution in [2.24, 2.45) is 0 Å². The third-order valence-corrected chi connectivity index (χ3v) is 5.72. The van der Waals surface area contributed by atoms with E-state index in [9.17, 15) is 4.39 Å². The van der Waals surface area contributed by atoms with Gasteiger partial charge in [0.1, 0.15) is 11.9 Å². The number of halogens is 1. The molecule has 2 bridgehead atoms. The standard InChI is InChI=1S/C23H22FN5O2/c1-4-29-21-14(11-27-29)7-18-12(2)28-31-22(18)17-6-5-16(24)9-19(17)13(3)30-20-8-15(21)10-26-23(20)25/h5-6,8-11,13H,4,7H2,1-3H3,(H2,25,26)/t13-/m1/s1. The molecule has 3 aromatic heterocycles. The van der Waals surface area contributed by atoms with E-state index >= 15 is 0 Å². The SMILES string of the molecule is CCn1ncc2c1-c1cnc(N)c(c1)O[C@H](C)c1cc(F)ccc1-c1onc(C)c1C2. The Morgan fingerprint density at radius 2 is 2.10 bits per heavy atom. The summed E-state index contributed by atoms with van der Waals surface area (Å²) >= 11 is 0. The number of pyridine rings is 1. The van der Waals surface area contributed by atoms with Gasteiger partial charge in [0, 0.05) is 47.0 Å². The summed E-state index contributed by atoms with van der Waals surface area (Å²) in [6.45, 7) is 6.49. The second-order valence-electron chi connectivity index (χ2n) is 7.69. The Bertz CT molecular complexity index is 1290. The second-order valence-corrected chi connectivity index (χ2v) is 7.69. The maximum atomic E-state index is 14.2. The maximum absolute atomic E-state index is 14.2. The number of ether oxygens (including phenoxy) is 1. The molecule has 0 fully saturated rings. The summed E-state index contributed by atoms with van der Waals surface area (Å²) in [6, 6.07) is 6.44. The number of nitrogens with zero attached hydrogens (tertiary/aromatic N) is 4. The van der Waals surface area contributed by atoms with Gasteiger partial charge in [-0.2, -0.15) is 5.10 Å². The van der Waals surface area contributed by atoms with Crippen LogP contribution in [-0.4, -0.2) is 19.9 Å². The first-order valence-electron chi connectivity index (χ1n) is 10.2. The largest absolute Gasteiger partial charge is 0.482 e. The molecule has 4 aromatic rings. The predicted octanol–water partition coefficient (Wildman–Crippen LogP) is 4.69. The molecule has 7 nitrogen and oxygen atoms in total. The lowest BCUT2D eigenvalue weighted by Crippen LogP contribution is -2.09. The smallest absolute Gasteiger partial charge is 0.171 e. The molecule has 2 N–H and O–H groups in total. The molecule has 5 rings (SSSR count). The molecule has 0 spiro atoms. The van der Waals surface area contributed by atoms with E-state index in [1.807, 2.05) is 37.7 Å². The van der Waals surface area contributed by atoms with Crippen LogP contribution in [-0.2, 0) is 13.0 Å². The fourth-order valence-corrected chi connectivity index (χ4v) is 4.14. The van der Waals surface area contributed by atoms with Crippen molar-refractivity contribution in [3.05, 3.63) is 64.9 Å². The third kappa shape index (κ3) is 3.15. The first-order chi connectivity index (χ1) is 15.0. The van der Waals surface area contributed by atoms with Gasteiger partial charge in [0.05, 0.1) is 17.6 Å². The van der Waals surface area contributed by atoms with Crippen molar-refractivity contribution in [3.63, 3.8) is 0 Å². The molecule has 1 aromatic carbocycles. The molecule has 0 aliphatic carbocycles. The van der Waals surface area contributed by atoms with Gasteiger partial charge in [-0.15, -0.1) is 0 Å². The molecule has 1 aliphatic rings. The van der Waals surface area contributed by atoms with Gasteiger partial charge in [0.2, 0.25) is 0 Å². The van der Waals surface area contributed by atoms with Crippen molar-refractivity contribution in [3.8, 4) is 28.3 Å². The average molecular weight is 419 g/mol. The molecule has 8 heteroatoms. The van der Waals surface area contributed by atoms with E-state index in [-0.39, 0.29) is 11.6 Å². The summed E-state index contributed by atoms with van der Waals surface area (Å²) < 4.78 is 28.0. The molecule has 31 heavy (non-hydrogen) atoms. The highest BCUT2D eigenvalue weighted by atomic mass is 19.1. The fraction of sp³-hybridized carbons (Fsp3) is 0.261. The minimum Gasteiger partial charge on any atom is -0.482 e. The fourth-order valence-electron chi connectivity index (χ4n) is 4.14. The minimum absolute atomic E-state index is 0.269. The van der Waals surface area contributed by atoms with Gasteiger partial charge in [-0.25, -0.2) is 9.37 Å². The van der Waals surface area contributed by atoms with Crippen LogP contribution in [0.4, 0.5) is 10.2 Å². The molecule has 0 unspecified atom stereocenters. The lowest BCUT2D eigenvalue weighted by Gasteiger charge is -2.20. The molecule has 0 amide bonds.